The van der Waals surface area contributed by atoms with Crippen LogP contribution in [0.15, 0.2) is 36.4 Å². The lowest BCUT2D eigenvalue weighted by atomic mass is 10.1. The van der Waals surface area contributed by atoms with Crippen LogP contribution in [0.3, 0.4) is 0 Å². The average molecular weight is 259 g/mol. The minimum Gasteiger partial charge on any atom is -0.508 e. The van der Waals surface area contributed by atoms with Crippen molar-refractivity contribution in [1.82, 2.24) is 0 Å². The Kier molecular flexibility index (Phi) is 3.29. The zero-order chi connectivity index (χ0) is 14.0. The molecule has 0 atom stereocenters. The molecule has 0 unspecified atom stereocenters. The number of hydrogen-bond donors (Lipinski definition) is 4. The number of aromatic hydroxyl groups is 3. The lowest BCUT2D eigenvalue weighted by Crippen LogP contribution is -2.12. The molecule has 98 valence electrons. The molecule has 2 aromatic rings. The van der Waals surface area contributed by atoms with Gasteiger partial charge in [-0.25, -0.2) is 0 Å². The normalized spacial score (nSPS) is 10.2. The van der Waals surface area contributed by atoms with E-state index >= 15 is 0 Å². The van der Waals surface area contributed by atoms with E-state index in [9.17, 15) is 20.1 Å². The fourth-order valence-corrected chi connectivity index (χ4v) is 1.71. The van der Waals surface area contributed by atoms with Crippen LogP contribution in [0.1, 0.15) is 15.9 Å². The lowest BCUT2D eigenvalue weighted by molar-refractivity contribution is 0.102. The second kappa shape index (κ2) is 4.89. The molecule has 1 amide bonds. The molecular formula is C14H13NO4. The molecule has 0 fully saturated rings. The van der Waals surface area contributed by atoms with Gasteiger partial charge >= 0.3 is 0 Å². The Morgan fingerprint density at radius 1 is 0.947 bits per heavy atom. The number of aryl methyl sites for hydroxylation is 1. The first-order chi connectivity index (χ1) is 8.95. The highest BCUT2D eigenvalue weighted by atomic mass is 16.3. The maximum Gasteiger partial charge on any atom is 0.255 e. The van der Waals surface area contributed by atoms with Gasteiger partial charge in [-0.05, 0) is 42.8 Å². The van der Waals surface area contributed by atoms with Gasteiger partial charge in [-0.3, -0.25) is 4.79 Å². The highest BCUT2D eigenvalue weighted by molar-refractivity contribution is 6.05. The Morgan fingerprint density at radius 3 is 2.16 bits per heavy atom. The second-order valence-corrected chi connectivity index (χ2v) is 4.19. The molecule has 0 aliphatic heterocycles. The molecule has 0 aliphatic carbocycles. The Morgan fingerprint density at radius 2 is 1.58 bits per heavy atom. The SMILES string of the molecule is Cc1cc(O)ccc1NC(=O)c1cc(O)cc(O)c1. The third-order valence-electron chi connectivity index (χ3n) is 2.62. The molecule has 0 radical (unpaired) electrons. The van der Waals surface area contributed by atoms with Crippen molar-refractivity contribution in [3.63, 3.8) is 0 Å². The average Bonchev–Trinajstić information content (AvgIpc) is 2.31. The molecule has 5 nitrogen and oxygen atoms in total. The van der Waals surface area contributed by atoms with Crippen LogP contribution in [0.2, 0.25) is 0 Å². The van der Waals surface area contributed by atoms with Crippen molar-refractivity contribution in [3.8, 4) is 17.2 Å². The maximum absolute atomic E-state index is 12.0. The van der Waals surface area contributed by atoms with E-state index in [1.165, 1.54) is 24.3 Å². The predicted octanol–water partition coefficient (Wildman–Crippen LogP) is 2.36. The molecule has 0 spiro atoms. The summed E-state index contributed by atoms with van der Waals surface area (Å²) in [6.45, 7) is 1.75. The second-order valence-electron chi connectivity index (χ2n) is 4.19. The number of phenolic OH excluding ortho intramolecular Hbond substituents is 3. The fraction of sp³-hybridized carbons (Fsp3) is 0.0714. The van der Waals surface area contributed by atoms with Gasteiger partial charge in [0.05, 0.1) is 0 Å². The van der Waals surface area contributed by atoms with Gasteiger partial charge in [-0.1, -0.05) is 0 Å². The van der Waals surface area contributed by atoms with Crippen molar-refractivity contribution in [1.29, 1.82) is 0 Å². The number of carbonyl (C=O) groups is 1. The number of carbonyl (C=O) groups excluding carboxylic acids is 1. The predicted molar refractivity (Wildman–Crippen MR) is 70.6 cm³/mol. The molecule has 0 saturated heterocycles. The van der Waals surface area contributed by atoms with Gasteiger partial charge in [-0.15, -0.1) is 0 Å². The van der Waals surface area contributed by atoms with Gasteiger partial charge in [-0.2, -0.15) is 0 Å². The Balaban J connectivity index is 2.25. The molecule has 0 aliphatic rings. The van der Waals surface area contributed by atoms with Gasteiger partial charge in [0.1, 0.15) is 17.2 Å². The van der Waals surface area contributed by atoms with Crippen LogP contribution >= 0.6 is 0 Å². The summed E-state index contributed by atoms with van der Waals surface area (Å²) in [5.74, 6) is -0.717. The number of phenols is 3. The first-order valence-corrected chi connectivity index (χ1v) is 5.60. The molecule has 19 heavy (non-hydrogen) atoms. The summed E-state index contributed by atoms with van der Waals surface area (Å²) < 4.78 is 0. The first kappa shape index (κ1) is 12.8. The highest BCUT2D eigenvalue weighted by Crippen LogP contribution is 2.23. The van der Waals surface area contributed by atoms with Crippen LogP contribution in [0.5, 0.6) is 17.2 Å². The van der Waals surface area contributed by atoms with Gasteiger partial charge in [0.25, 0.3) is 5.91 Å². The minimum absolute atomic E-state index is 0.116. The highest BCUT2D eigenvalue weighted by Gasteiger charge is 2.10. The Hall–Kier alpha value is -2.69. The molecule has 0 saturated carbocycles. The van der Waals surface area contributed by atoms with Crippen LogP contribution in [0.4, 0.5) is 5.69 Å². The van der Waals surface area contributed by atoms with Crippen molar-refractivity contribution in [2.45, 2.75) is 6.92 Å². The van der Waals surface area contributed by atoms with E-state index in [1.807, 2.05) is 0 Å². The smallest absolute Gasteiger partial charge is 0.255 e. The summed E-state index contributed by atoms with van der Waals surface area (Å²) >= 11 is 0. The zero-order valence-corrected chi connectivity index (χ0v) is 10.2. The van der Waals surface area contributed by atoms with Crippen LogP contribution in [-0.4, -0.2) is 21.2 Å². The van der Waals surface area contributed by atoms with Crippen LogP contribution < -0.4 is 5.32 Å². The van der Waals surface area contributed by atoms with Crippen molar-refractivity contribution in [2.75, 3.05) is 5.32 Å². The molecule has 4 N–H and O–H groups in total. The molecule has 0 aromatic heterocycles. The van der Waals surface area contributed by atoms with E-state index in [4.69, 9.17) is 0 Å². The molecule has 2 rings (SSSR count). The van der Waals surface area contributed by atoms with E-state index < -0.39 is 5.91 Å². The lowest BCUT2D eigenvalue weighted by Gasteiger charge is -2.09. The standard InChI is InChI=1S/C14H13NO4/c1-8-4-10(16)2-3-13(8)15-14(19)9-5-11(17)7-12(18)6-9/h2-7,16-18H,1H3,(H,15,19). The number of amides is 1. The monoisotopic (exact) mass is 259 g/mol. The summed E-state index contributed by atoms with van der Waals surface area (Å²) in [4.78, 5) is 12.0. The van der Waals surface area contributed by atoms with Crippen molar-refractivity contribution >= 4 is 11.6 Å². The molecule has 2 aromatic carbocycles. The molecule has 0 bridgehead atoms. The zero-order valence-electron chi connectivity index (χ0n) is 10.2. The number of hydrogen-bond acceptors (Lipinski definition) is 4. The quantitative estimate of drug-likeness (QED) is 0.623. The number of rotatable bonds is 2. The Labute approximate surface area is 109 Å². The van der Waals surface area contributed by atoms with Gasteiger partial charge in [0.2, 0.25) is 0 Å². The number of benzene rings is 2. The van der Waals surface area contributed by atoms with Crippen LogP contribution in [0.25, 0.3) is 0 Å². The molecule has 5 heteroatoms. The largest absolute Gasteiger partial charge is 0.508 e. The summed E-state index contributed by atoms with van der Waals surface area (Å²) in [6, 6.07) is 8.21. The minimum atomic E-state index is -0.458. The van der Waals surface area contributed by atoms with Crippen molar-refractivity contribution < 1.29 is 20.1 Å². The van der Waals surface area contributed by atoms with Gasteiger partial charge < -0.3 is 20.6 Å². The van der Waals surface area contributed by atoms with E-state index in [0.717, 1.165) is 6.07 Å². The number of anilines is 1. The van der Waals surface area contributed by atoms with E-state index in [0.29, 0.717) is 11.3 Å². The van der Waals surface area contributed by atoms with Gasteiger partial charge in [0.15, 0.2) is 0 Å². The van der Waals surface area contributed by atoms with Crippen LogP contribution in [0, 0.1) is 6.92 Å². The molecule has 0 heterocycles. The summed E-state index contributed by atoms with van der Waals surface area (Å²) in [7, 11) is 0. The van der Waals surface area contributed by atoms with E-state index in [2.05, 4.69) is 5.32 Å². The van der Waals surface area contributed by atoms with E-state index in [1.54, 1.807) is 13.0 Å². The van der Waals surface area contributed by atoms with Crippen LogP contribution in [-0.2, 0) is 0 Å². The summed E-state index contributed by atoms with van der Waals surface area (Å²) in [5.41, 5.74) is 1.40. The maximum atomic E-state index is 12.0. The topological polar surface area (TPSA) is 89.8 Å². The summed E-state index contributed by atoms with van der Waals surface area (Å²) in [6.07, 6.45) is 0. The Bertz CT molecular complexity index is 617. The first-order valence-electron chi connectivity index (χ1n) is 5.60. The van der Waals surface area contributed by atoms with Crippen molar-refractivity contribution in [3.05, 3.63) is 47.5 Å². The van der Waals surface area contributed by atoms with E-state index in [-0.39, 0.29) is 22.8 Å². The third kappa shape index (κ3) is 2.95. The van der Waals surface area contributed by atoms with Gasteiger partial charge in [0, 0.05) is 17.3 Å². The summed E-state index contributed by atoms with van der Waals surface area (Å²) in [5, 5.41) is 30.6. The number of nitrogens with one attached hydrogen (secondary N) is 1. The van der Waals surface area contributed by atoms with Crippen molar-refractivity contribution in [2.24, 2.45) is 0 Å². The fourth-order valence-electron chi connectivity index (χ4n) is 1.71. The molecular weight excluding hydrogens is 246 g/mol. The third-order valence-corrected chi connectivity index (χ3v) is 2.62.